The lowest BCUT2D eigenvalue weighted by Gasteiger charge is -2.20. The summed E-state index contributed by atoms with van der Waals surface area (Å²) < 4.78 is 0. The molecule has 1 aliphatic rings. The highest BCUT2D eigenvalue weighted by Crippen LogP contribution is 2.24. The predicted octanol–water partition coefficient (Wildman–Crippen LogP) is 3.43. The Morgan fingerprint density at radius 3 is 2.59 bits per heavy atom. The first-order valence-electron chi connectivity index (χ1n) is 9.36. The molecule has 1 saturated heterocycles. The summed E-state index contributed by atoms with van der Waals surface area (Å²) in [6.07, 6.45) is 2.88. The Hall–Kier alpha value is -3.55. The Morgan fingerprint density at radius 1 is 1.21 bits per heavy atom. The summed E-state index contributed by atoms with van der Waals surface area (Å²) in [6, 6.07) is 13.8. The highest BCUT2D eigenvalue weighted by molar-refractivity contribution is 6.07. The van der Waals surface area contributed by atoms with Gasteiger partial charge in [0.15, 0.2) is 0 Å². The fourth-order valence-electron chi connectivity index (χ4n) is 3.24. The van der Waals surface area contributed by atoms with Crippen molar-refractivity contribution in [3.8, 4) is 0 Å². The van der Waals surface area contributed by atoms with Gasteiger partial charge in [0.2, 0.25) is 0 Å². The predicted molar refractivity (Wildman–Crippen MR) is 109 cm³/mol. The number of amides is 3. The third kappa shape index (κ3) is 4.31. The van der Waals surface area contributed by atoms with Crippen molar-refractivity contribution in [1.29, 1.82) is 0 Å². The number of hydrogen-bond acceptors (Lipinski definition) is 5. The molecule has 8 heteroatoms. The average Bonchev–Trinajstić information content (AvgIpc) is 2.94. The van der Waals surface area contributed by atoms with Gasteiger partial charge in [-0.1, -0.05) is 49.4 Å². The Kier molecular flexibility index (Phi) is 5.72. The van der Waals surface area contributed by atoms with E-state index in [1.165, 1.54) is 12.3 Å². The number of urea groups is 1. The maximum atomic E-state index is 12.8. The minimum absolute atomic E-state index is 0.0126. The summed E-state index contributed by atoms with van der Waals surface area (Å²) in [4.78, 5) is 35.8. The van der Waals surface area contributed by atoms with Gasteiger partial charge in [-0.15, -0.1) is 5.01 Å². The number of nitro groups is 1. The zero-order valence-electron chi connectivity index (χ0n) is 16.3. The molecule has 1 heterocycles. The van der Waals surface area contributed by atoms with Crippen LogP contribution in [0, 0.1) is 10.1 Å². The van der Waals surface area contributed by atoms with Gasteiger partial charge in [0.05, 0.1) is 11.1 Å². The molecule has 0 aromatic heterocycles. The molecular formula is C21H22N4O4. The van der Waals surface area contributed by atoms with Gasteiger partial charge in [-0.25, -0.2) is 4.79 Å². The third-order valence-electron chi connectivity index (χ3n) is 5.01. The van der Waals surface area contributed by atoms with Crippen LogP contribution < -0.4 is 5.32 Å². The SMILES string of the molecule is CCc1ccc(/C=N\N2C(=O)N[C@@](C)(CCc3ccccc3)C2=O)cc1[N+](=O)[O-]. The van der Waals surface area contributed by atoms with E-state index in [1.54, 1.807) is 19.1 Å². The maximum absolute atomic E-state index is 12.8. The summed E-state index contributed by atoms with van der Waals surface area (Å²) in [6.45, 7) is 3.51. The second-order valence-electron chi connectivity index (χ2n) is 7.11. The van der Waals surface area contributed by atoms with Gasteiger partial charge < -0.3 is 5.32 Å². The van der Waals surface area contributed by atoms with E-state index >= 15 is 0 Å². The average molecular weight is 394 g/mol. The topological polar surface area (TPSA) is 105 Å². The van der Waals surface area contributed by atoms with E-state index in [9.17, 15) is 19.7 Å². The summed E-state index contributed by atoms with van der Waals surface area (Å²) in [5.74, 6) is -0.450. The van der Waals surface area contributed by atoms with Crippen LogP contribution in [0.5, 0.6) is 0 Å². The van der Waals surface area contributed by atoms with Crippen LogP contribution in [0.3, 0.4) is 0 Å². The number of rotatable bonds is 7. The van der Waals surface area contributed by atoms with Crippen LogP contribution in [0.2, 0.25) is 0 Å². The normalized spacial score (nSPS) is 19.0. The van der Waals surface area contributed by atoms with Gasteiger partial charge in [0.25, 0.3) is 11.6 Å². The molecule has 150 valence electrons. The van der Waals surface area contributed by atoms with Crippen LogP contribution in [-0.2, 0) is 17.6 Å². The minimum atomic E-state index is -1.05. The summed E-state index contributed by atoms with van der Waals surface area (Å²) in [5, 5.41) is 18.7. The zero-order valence-corrected chi connectivity index (χ0v) is 16.3. The molecule has 1 atom stereocenters. The largest absolute Gasteiger partial charge is 0.346 e. The van der Waals surface area contributed by atoms with Crippen molar-refractivity contribution in [2.45, 2.75) is 38.6 Å². The molecule has 0 unspecified atom stereocenters. The van der Waals surface area contributed by atoms with Gasteiger partial charge >= 0.3 is 6.03 Å². The molecule has 3 amide bonds. The van der Waals surface area contributed by atoms with E-state index in [1.807, 2.05) is 37.3 Å². The van der Waals surface area contributed by atoms with Crippen LogP contribution in [0.25, 0.3) is 0 Å². The molecule has 8 nitrogen and oxygen atoms in total. The van der Waals surface area contributed by atoms with E-state index in [-0.39, 0.29) is 5.69 Å². The first-order valence-corrected chi connectivity index (χ1v) is 9.36. The highest BCUT2D eigenvalue weighted by atomic mass is 16.6. The molecule has 1 fully saturated rings. The number of carbonyl (C=O) groups is 2. The lowest BCUT2D eigenvalue weighted by Crippen LogP contribution is -2.44. The molecule has 0 radical (unpaired) electrons. The fraction of sp³-hybridized carbons (Fsp3) is 0.286. The Balaban J connectivity index is 1.74. The molecular weight excluding hydrogens is 372 g/mol. The highest BCUT2D eigenvalue weighted by Gasteiger charge is 2.47. The van der Waals surface area contributed by atoms with Gasteiger partial charge in [0, 0.05) is 17.2 Å². The molecule has 0 spiro atoms. The van der Waals surface area contributed by atoms with Crippen molar-refractivity contribution in [3.63, 3.8) is 0 Å². The van der Waals surface area contributed by atoms with Crippen LogP contribution in [-0.4, -0.2) is 33.6 Å². The van der Waals surface area contributed by atoms with Crippen molar-refractivity contribution in [2.75, 3.05) is 0 Å². The second-order valence-corrected chi connectivity index (χ2v) is 7.11. The van der Waals surface area contributed by atoms with Gasteiger partial charge in [-0.05, 0) is 31.7 Å². The van der Waals surface area contributed by atoms with E-state index < -0.39 is 22.4 Å². The van der Waals surface area contributed by atoms with Gasteiger partial charge in [-0.3, -0.25) is 14.9 Å². The molecule has 3 rings (SSSR count). The number of nitrogens with one attached hydrogen (secondary N) is 1. The fourth-order valence-corrected chi connectivity index (χ4v) is 3.24. The van der Waals surface area contributed by atoms with Gasteiger partial charge in [-0.2, -0.15) is 5.10 Å². The second kappa shape index (κ2) is 8.22. The van der Waals surface area contributed by atoms with Crippen molar-refractivity contribution in [2.24, 2.45) is 5.10 Å². The Labute approximate surface area is 168 Å². The standard InChI is InChI=1S/C21H22N4O4/c1-3-17-10-9-16(13-18(17)25(28)29)14-22-24-19(26)21(2,23-20(24)27)12-11-15-7-5-4-6-8-15/h4-10,13-14H,3,11-12H2,1-2H3,(H,23,27)/b22-14-/t21-/m0/s1. The number of imide groups is 1. The number of hydrazone groups is 1. The Morgan fingerprint density at radius 2 is 1.93 bits per heavy atom. The summed E-state index contributed by atoms with van der Waals surface area (Å²) in [5.41, 5.74) is 1.05. The van der Waals surface area contributed by atoms with Crippen molar-refractivity contribution >= 4 is 23.8 Å². The maximum Gasteiger partial charge on any atom is 0.346 e. The van der Waals surface area contributed by atoms with Crippen LogP contribution in [0.1, 0.15) is 37.0 Å². The molecule has 1 N–H and O–H groups in total. The number of aryl methyl sites for hydroxylation is 2. The van der Waals surface area contributed by atoms with E-state index in [2.05, 4.69) is 10.4 Å². The number of carbonyl (C=O) groups excluding carboxylic acids is 2. The van der Waals surface area contributed by atoms with Crippen molar-refractivity contribution < 1.29 is 14.5 Å². The molecule has 0 bridgehead atoms. The molecule has 1 aliphatic heterocycles. The van der Waals surface area contributed by atoms with E-state index in [4.69, 9.17) is 0 Å². The first-order chi connectivity index (χ1) is 13.8. The molecule has 2 aromatic rings. The molecule has 2 aromatic carbocycles. The monoisotopic (exact) mass is 394 g/mol. The number of benzene rings is 2. The first kappa shape index (κ1) is 20.2. The van der Waals surface area contributed by atoms with Gasteiger partial charge in [0.1, 0.15) is 5.54 Å². The molecule has 0 aliphatic carbocycles. The number of nitro benzene ring substituents is 1. The van der Waals surface area contributed by atoms with Crippen molar-refractivity contribution in [1.82, 2.24) is 10.3 Å². The Bertz CT molecular complexity index is 974. The third-order valence-corrected chi connectivity index (χ3v) is 5.01. The summed E-state index contributed by atoms with van der Waals surface area (Å²) in [7, 11) is 0. The lowest BCUT2D eigenvalue weighted by molar-refractivity contribution is -0.385. The van der Waals surface area contributed by atoms with E-state index in [0.717, 1.165) is 10.6 Å². The summed E-state index contributed by atoms with van der Waals surface area (Å²) >= 11 is 0. The molecule has 29 heavy (non-hydrogen) atoms. The molecule has 0 saturated carbocycles. The quantitative estimate of drug-likeness (QED) is 0.336. The minimum Gasteiger partial charge on any atom is -0.322 e. The number of nitrogens with zero attached hydrogens (tertiary/aromatic N) is 3. The number of hydrogen-bond donors (Lipinski definition) is 1. The lowest BCUT2D eigenvalue weighted by atomic mass is 9.93. The van der Waals surface area contributed by atoms with E-state index in [0.29, 0.717) is 30.4 Å². The van der Waals surface area contributed by atoms with Crippen LogP contribution in [0.4, 0.5) is 10.5 Å². The van der Waals surface area contributed by atoms with Crippen LogP contribution in [0.15, 0.2) is 53.6 Å². The van der Waals surface area contributed by atoms with Crippen LogP contribution >= 0.6 is 0 Å². The van der Waals surface area contributed by atoms with Crippen molar-refractivity contribution in [3.05, 3.63) is 75.3 Å². The zero-order chi connectivity index (χ0) is 21.0. The smallest absolute Gasteiger partial charge is 0.322 e.